The van der Waals surface area contributed by atoms with Crippen LogP contribution >= 0.6 is 0 Å². The highest BCUT2D eigenvalue weighted by molar-refractivity contribution is 5.90. The first-order valence-corrected chi connectivity index (χ1v) is 6.21. The first-order valence-electron chi connectivity index (χ1n) is 6.21. The zero-order valence-electron chi connectivity index (χ0n) is 11.5. The average molecular weight is 227 g/mol. The minimum absolute atomic E-state index is 0.145. The molecule has 0 bridgehead atoms. The van der Waals surface area contributed by atoms with Crippen LogP contribution in [0.2, 0.25) is 0 Å². The Kier molecular flexibility index (Phi) is 2.94. The first-order chi connectivity index (χ1) is 7.98. The molecule has 0 aliphatic heterocycles. The summed E-state index contributed by atoms with van der Waals surface area (Å²) in [5.74, 6) is 0. The summed E-state index contributed by atoms with van der Waals surface area (Å²) in [5.41, 5.74) is 7.18. The van der Waals surface area contributed by atoms with Crippen LogP contribution in [-0.2, 0) is 5.41 Å². The lowest BCUT2D eigenvalue weighted by atomic mass is 9.79. The molecule has 1 aliphatic carbocycles. The molecule has 1 nitrogen and oxygen atoms in total. The number of allylic oxidation sites excluding steroid dienone is 2. The Labute approximate surface area is 104 Å². The van der Waals surface area contributed by atoms with Gasteiger partial charge in [0.1, 0.15) is 0 Å². The van der Waals surface area contributed by atoms with Crippen molar-refractivity contribution < 1.29 is 0 Å². The number of rotatable bonds is 2. The van der Waals surface area contributed by atoms with Gasteiger partial charge in [0.05, 0.1) is 0 Å². The van der Waals surface area contributed by atoms with Crippen LogP contribution in [0.15, 0.2) is 34.8 Å². The largest absolute Gasteiger partial charge is 0.297 e. The maximum Gasteiger partial charge on any atom is 0.0276 e. The fourth-order valence-corrected chi connectivity index (χ4v) is 2.84. The van der Waals surface area contributed by atoms with Crippen LogP contribution in [0.4, 0.5) is 0 Å². The van der Waals surface area contributed by atoms with E-state index in [0.29, 0.717) is 0 Å². The highest BCUT2D eigenvalue weighted by atomic mass is 14.7. The molecular weight excluding hydrogens is 206 g/mol. The average Bonchev–Trinajstić information content (AvgIpc) is 2.51. The van der Waals surface area contributed by atoms with Gasteiger partial charge in [0.25, 0.3) is 0 Å². The maximum atomic E-state index is 4.30. The summed E-state index contributed by atoms with van der Waals surface area (Å²) in [6.45, 7) is 8.99. The Bertz CT molecular complexity index is 504. The van der Waals surface area contributed by atoms with Gasteiger partial charge in [-0.15, -0.1) is 0 Å². The van der Waals surface area contributed by atoms with E-state index < -0.39 is 0 Å². The van der Waals surface area contributed by atoms with Gasteiger partial charge >= 0.3 is 0 Å². The second-order valence-electron chi connectivity index (χ2n) is 5.41. The van der Waals surface area contributed by atoms with Gasteiger partial charge in [0.2, 0.25) is 0 Å². The minimum atomic E-state index is 0.145. The van der Waals surface area contributed by atoms with E-state index in [1.165, 1.54) is 28.0 Å². The summed E-state index contributed by atoms with van der Waals surface area (Å²) < 4.78 is 0. The van der Waals surface area contributed by atoms with Gasteiger partial charge in [-0.1, -0.05) is 43.7 Å². The number of benzene rings is 1. The summed E-state index contributed by atoms with van der Waals surface area (Å²) in [6, 6.07) is 8.75. The fraction of sp³-hybridized carbons (Fsp3) is 0.438. The Morgan fingerprint density at radius 1 is 1.24 bits per heavy atom. The van der Waals surface area contributed by atoms with Crippen molar-refractivity contribution in [2.24, 2.45) is 4.99 Å². The molecule has 1 aromatic rings. The standard InChI is InChI=1S/C16H21N/c1-11(17-5)10-15-12(2)13-8-6-7-9-14(13)16(15,3)4/h6-9H,10H2,1-5H3. The van der Waals surface area contributed by atoms with Gasteiger partial charge in [-0.3, -0.25) is 4.99 Å². The predicted molar refractivity (Wildman–Crippen MR) is 75.7 cm³/mol. The molecular formula is C16H21N. The topological polar surface area (TPSA) is 12.4 Å². The van der Waals surface area contributed by atoms with Crippen molar-refractivity contribution in [3.05, 3.63) is 41.0 Å². The fourth-order valence-electron chi connectivity index (χ4n) is 2.84. The second kappa shape index (κ2) is 4.14. The number of aliphatic imine (C=N–C) groups is 1. The van der Waals surface area contributed by atoms with Crippen molar-refractivity contribution in [1.29, 1.82) is 0 Å². The van der Waals surface area contributed by atoms with Crippen LogP contribution in [0.3, 0.4) is 0 Å². The molecule has 0 fully saturated rings. The van der Waals surface area contributed by atoms with Crippen LogP contribution in [-0.4, -0.2) is 12.8 Å². The first kappa shape index (κ1) is 12.1. The van der Waals surface area contributed by atoms with Gasteiger partial charge < -0.3 is 0 Å². The Morgan fingerprint density at radius 2 is 1.88 bits per heavy atom. The molecule has 0 atom stereocenters. The molecule has 1 heteroatoms. The molecule has 0 radical (unpaired) electrons. The number of hydrogen-bond acceptors (Lipinski definition) is 1. The molecule has 0 saturated heterocycles. The summed E-state index contributed by atoms with van der Waals surface area (Å²) >= 11 is 0. The SMILES string of the molecule is CN=C(C)CC1=C(C)c2ccccc2C1(C)C. The van der Waals surface area contributed by atoms with Crippen molar-refractivity contribution in [1.82, 2.24) is 0 Å². The van der Waals surface area contributed by atoms with Gasteiger partial charge in [0, 0.05) is 24.6 Å². The number of nitrogens with zero attached hydrogens (tertiary/aromatic N) is 1. The molecule has 0 unspecified atom stereocenters. The minimum Gasteiger partial charge on any atom is -0.297 e. The second-order valence-corrected chi connectivity index (χ2v) is 5.41. The van der Waals surface area contributed by atoms with Gasteiger partial charge in [-0.25, -0.2) is 0 Å². The predicted octanol–water partition coefficient (Wildman–Crippen LogP) is 4.23. The molecule has 17 heavy (non-hydrogen) atoms. The van der Waals surface area contributed by atoms with E-state index in [-0.39, 0.29) is 5.41 Å². The summed E-state index contributed by atoms with van der Waals surface area (Å²) in [7, 11) is 1.88. The quantitative estimate of drug-likeness (QED) is 0.670. The van der Waals surface area contributed by atoms with E-state index in [0.717, 1.165) is 6.42 Å². The van der Waals surface area contributed by atoms with Crippen molar-refractivity contribution in [2.75, 3.05) is 7.05 Å². The van der Waals surface area contributed by atoms with Crippen LogP contribution in [0.5, 0.6) is 0 Å². The lowest BCUT2D eigenvalue weighted by molar-refractivity contribution is 0.629. The highest BCUT2D eigenvalue weighted by Gasteiger charge is 2.35. The monoisotopic (exact) mass is 227 g/mol. The van der Waals surface area contributed by atoms with Gasteiger partial charge in [-0.05, 0) is 30.5 Å². The molecule has 0 saturated carbocycles. The lowest BCUT2D eigenvalue weighted by Gasteiger charge is -2.25. The zero-order chi connectivity index (χ0) is 12.6. The molecule has 0 N–H and O–H groups in total. The van der Waals surface area contributed by atoms with Crippen LogP contribution in [0.25, 0.3) is 5.57 Å². The van der Waals surface area contributed by atoms with E-state index in [9.17, 15) is 0 Å². The van der Waals surface area contributed by atoms with Crippen LogP contribution in [0.1, 0.15) is 45.2 Å². The van der Waals surface area contributed by atoms with Crippen molar-refractivity contribution in [2.45, 2.75) is 39.5 Å². The molecule has 2 rings (SSSR count). The Hall–Kier alpha value is -1.37. The summed E-state index contributed by atoms with van der Waals surface area (Å²) in [6.07, 6.45) is 0.990. The van der Waals surface area contributed by atoms with Crippen LogP contribution in [0, 0.1) is 0 Å². The molecule has 0 amide bonds. The van der Waals surface area contributed by atoms with Gasteiger partial charge in [0.15, 0.2) is 0 Å². The Balaban J connectivity index is 2.52. The van der Waals surface area contributed by atoms with E-state index >= 15 is 0 Å². The molecule has 0 spiro atoms. The van der Waals surface area contributed by atoms with E-state index in [4.69, 9.17) is 0 Å². The van der Waals surface area contributed by atoms with Gasteiger partial charge in [-0.2, -0.15) is 0 Å². The Morgan fingerprint density at radius 3 is 2.47 bits per heavy atom. The van der Waals surface area contributed by atoms with E-state index in [1.807, 2.05) is 7.05 Å². The van der Waals surface area contributed by atoms with E-state index in [1.54, 1.807) is 0 Å². The number of hydrogen-bond donors (Lipinski definition) is 0. The van der Waals surface area contributed by atoms with Crippen LogP contribution < -0.4 is 0 Å². The third-order valence-electron chi connectivity index (χ3n) is 4.03. The zero-order valence-corrected chi connectivity index (χ0v) is 11.5. The number of fused-ring (bicyclic) bond motifs is 1. The molecule has 1 aromatic carbocycles. The third kappa shape index (κ3) is 1.84. The van der Waals surface area contributed by atoms with Crippen molar-refractivity contribution in [3.8, 4) is 0 Å². The van der Waals surface area contributed by atoms with Crippen molar-refractivity contribution >= 4 is 11.3 Å². The summed E-state index contributed by atoms with van der Waals surface area (Å²) in [5, 5.41) is 0. The highest BCUT2D eigenvalue weighted by Crippen LogP contribution is 2.47. The molecule has 1 aliphatic rings. The molecule has 0 heterocycles. The lowest BCUT2D eigenvalue weighted by Crippen LogP contribution is -2.18. The third-order valence-corrected chi connectivity index (χ3v) is 4.03. The van der Waals surface area contributed by atoms with E-state index in [2.05, 4.69) is 57.0 Å². The normalized spacial score (nSPS) is 18.5. The smallest absolute Gasteiger partial charge is 0.0276 e. The summed E-state index contributed by atoms with van der Waals surface area (Å²) in [4.78, 5) is 4.30. The molecule has 90 valence electrons. The van der Waals surface area contributed by atoms with Crippen molar-refractivity contribution in [3.63, 3.8) is 0 Å². The maximum absolute atomic E-state index is 4.30. The molecule has 0 aromatic heterocycles.